The number of anilines is 1. The standard InChI is InChI=1S/C20H25ClN2O6S/c1-13(2)11-22-30(25,26)15-6-8-18(16(21)10-15)29-12-20(24)23-17-7-5-14(27-3)9-19(17)28-4/h5-10,13,22H,11-12H2,1-4H3,(H,23,24). The lowest BCUT2D eigenvalue weighted by molar-refractivity contribution is -0.118. The van der Waals surface area contributed by atoms with E-state index in [1.807, 2.05) is 13.8 Å². The van der Waals surface area contributed by atoms with E-state index in [9.17, 15) is 13.2 Å². The number of carbonyl (C=O) groups is 1. The predicted octanol–water partition coefficient (Wildman–Crippen LogP) is 3.31. The Kier molecular flexibility index (Phi) is 8.33. The average Bonchev–Trinajstić information content (AvgIpc) is 2.71. The van der Waals surface area contributed by atoms with Crippen molar-refractivity contribution < 1.29 is 27.4 Å². The summed E-state index contributed by atoms with van der Waals surface area (Å²) in [7, 11) is -0.666. The van der Waals surface area contributed by atoms with Crippen LogP contribution in [0.5, 0.6) is 17.2 Å². The molecule has 0 radical (unpaired) electrons. The molecule has 0 atom stereocenters. The number of nitrogens with one attached hydrogen (secondary N) is 2. The van der Waals surface area contributed by atoms with Crippen molar-refractivity contribution in [2.24, 2.45) is 5.92 Å². The van der Waals surface area contributed by atoms with Gasteiger partial charge in [-0.1, -0.05) is 25.4 Å². The lowest BCUT2D eigenvalue weighted by Crippen LogP contribution is -2.27. The van der Waals surface area contributed by atoms with Gasteiger partial charge in [-0.05, 0) is 36.2 Å². The highest BCUT2D eigenvalue weighted by atomic mass is 35.5. The Hall–Kier alpha value is -2.49. The van der Waals surface area contributed by atoms with Gasteiger partial charge in [0.15, 0.2) is 6.61 Å². The number of hydrogen-bond donors (Lipinski definition) is 2. The Labute approximate surface area is 181 Å². The number of amides is 1. The molecule has 0 aliphatic carbocycles. The number of hydrogen-bond acceptors (Lipinski definition) is 6. The van der Waals surface area contributed by atoms with Crippen molar-refractivity contribution in [3.8, 4) is 17.2 Å². The van der Waals surface area contributed by atoms with Gasteiger partial charge in [-0.3, -0.25) is 4.79 Å². The molecule has 0 saturated carbocycles. The molecule has 0 saturated heterocycles. The zero-order valence-electron chi connectivity index (χ0n) is 17.2. The maximum atomic E-state index is 12.3. The Morgan fingerprint density at radius 2 is 1.80 bits per heavy atom. The van der Waals surface area contributed by atoms with Crippen LogP contribution in [0.25, 0.3) is 0 Å². The van der Waals surface area contributed by atoms with Crippen LogP contribution in [0.15, 0.2) is 41.3 Å². The second-order valence-corrected chi connectivity index (χ2v) is 8.92. The quantitative estimate of drug-likeness (QED) is 0.568. The van der Waals surface area contributed by atoms with Crippen LogP contribution in [-0.4, -0.2) is 41.7 Å². The number of benzene rings is 2. The van der Waals surface area contributed by atoms with Crippen LogP contribution in [-0.2, 0) is 14.8 Å². The highest BCUT2D eigenvalue weighted by Crippen LogP contribution is 2.30. The Morgan fingerprint density at radius 1 is 1.07 bits per heavy atom. The van der Waals surface area contributed by atoms with Crippen molar-refractivity contribution in [3.05, 3.63) is 41.4 Å². The normalized spacial score (nSPS) is 11.3. The summed E-state index contributed by atoms with van der Waals surface area (Å²) in [5.74, 6) is 0.942. The molecule has 2 aromatic rings. The predicted molar refractivity (Wildman–Crippen MR) is 115 cm³/mol. The summed E-state index contributed by atoms with van der Waals surface area (Å²) in [5, 5.41) is 2.75. The SMILES string of the molecule is COc1ccc(NC(=O)COc2ccc(S(=O)(=O)NCC(C)C)cc2Cl)c(OC)c1. The van der Waals surface area contributed by atoms with Crippen LogP contribution < -0.4 is 24.2 Å². The van der Waals surface area contributed by atoms with E-state index in [0.29, 0.717) is 23.7 Å². The van der Waals surface area contributed by atoms with Gasteiger partial charge in [0.1, 0.15) is 17.2 Å². The molecule has 0 aromatic heterocycles. The summed E-state index contributed by atoms with van der Waals surface area (Å²) in [6.45, 7) is 3.79. The van der Waals surface area contributed by atoms with Crippen molar-refractivity contribution in [1.29, 1.82) is 0 Å². The Bertz CT molecular complexity index is 995. The van der Waals surface area contributed by atoms with Gasteiger partial charge >= 0.3 is 0 Å². The molecule has 1 amide bonds. The zero-order chi connectivity index (χ0) is 22.3. The van der Waals surface area contributed by atoms with Crippen molar-refractivity contribution in [1.82, 2.24) is 4.72 Å². The van der Waals surface area contributed by atoms with Crippen LogP contribution >= 0.6 is 11.6 Å². The molecule has 0 bridgehead atoms. The van der Waals surface area contributed by atoms with Gasteiger partial charge in [-0.25, -0.2) is 13.1 Å². The molecule has 0 aliphatic rings. The molecule has 2 rings (SSSR count). The van der Waals surface area contributed by atoms with Crippen LogP contribution in [0.4, 0.5) is 5.69 Å². The molecule has 2 aromatic carbocycles. The number of rotatable bonds is 10. The summed E-state index contributed by atoms with van der Waals surface area (Å²) in [6.07, 6.45) is 0. The third kappa shape index (κ3) is 6.51. The molecule has 0 fully saturated rings. The van der Waals surface area contributed by atoms with Gasteiger partial charge in [0.05, 0.1) is 29.8 Å². The van der Waals surface area contributed by atoms with Gasteiger partial charge in [0.2, 0.25) is 10.0 Å². The average molecular weight is 457 g/mol. The summed E-state index contributed by atoms with van der Waals surface area (Å²) in [6, 6.07) is 9.03. The van der Waals surface area contributed by atoms with Gasteiger partial charge < -0.3 is 19.5 Å². The highest BCUT2D eigenvalue weighted by Gasteiger charge is 2.17. The van der Waals surface area contributed by atoms with Gasteiger partial charge in [-0.15, -0.1) is 0 Å². The fraction of sp³-hybridized carbons (Fsp3) is 0.350. The van der Waals surface area contributed by atoms with E-state index in [0.717, 1.165) is 0 Å². The zero-order valence-corrected chi connectivity index (χ0v) is 18.8. The third-order valence-electron chi connectivity index (χ3n) is 3.94. The van der Waals surface area contributed by atoms with E-state index in [1.165, 1.54) is 32.4 Å². The first-order valence-corrected chi connectivity index (χ1v) is 11.0. The van der Waals surface area contributed by atoms with E-state index in [1.54, 1.807) is 18.2 Å². The smallest absolute Gasteiger partial charge is 0.262 e. The maximum absolute atomic E-state index is 12.3. The Balaban J connectivity index is 2.01. The van der Waals surface area contributed by atoms with E-state index in [4.69, 9.17) is 25.8 Å². The minimum absolute atomic E-state index is 0.0212. The molecule has 8 nitrogen and oxygen atoms in total. The maximum Gasteiger partial charge on any atom is 0.262 e. The fourth-order valence-electron chi connectivity index (χ4n) is 2.36. The number of carbonyl (C=O) groups excluding carboxylic acids is 1. The molecule has 30 heavy (non-hydrogen) atoms. The molecule has 0 aliphatic heterocycles. The van der Waals surface area contributed by atoms with Gasteiger partial charge in [0, 0.05) is 12.6 Å². The van der Waals surface area contributed by atoms with Gasteiger partial charge in [-0.2, -0.15) is 0 Å². The number of ether oxygens (including phenoxy) is 3. The van der Waals surface area contributed by atoms with Crippen molar-refractivity contribution >= 4 is 33.2 Å². The lowest BCUT2D eigenvalue weighted by atomic mass is 10.2. The van der Waals surface area contributed by atoms with Crippen molar-refractivity contribution in [2.75, 3.05) is 32.7 Å². The molecule has 0 unspecified atom stereocenters. The topological polar surface area (TPSA) is 103 Å². The minimum atomic E-state index is -3.67. The molecular formula is C20H25ClN2O6S. The number of methoxy groups -OCH3 is 2. The highest BCUT2D eigenvalue weighted by molar-refractivity contribution is 7.89. The number of sulfonamides is 1. The van der Waals surface area contributed by atoms with E-state index in [-0.39, 0.29) is 28.2 Å². The van der Waals surface area contributed by atoms with Crippen molar-refractivity contribution in [2.45, 2.75) is 18.7 Å². The molecule has 0 spiro atoms. The summed E-state index contributed by atoms with van der Waals surface area (Å²) in [5.41, 5.74) is 0.454. The summed E-state index contributed by atoms with van der Waals surface area (Å²) < 4.78 is 42.8. The molecule has 2 N–H and O–H groups in total. The van der Waals surface area contributed by atoms with Crippen LogP contribution in [0, 0.1) is 5.92 Å². The monoisotopic (exact) mass is 456 g/mol. The van der Waals surface area contributed by atoms with Crippen LogP contribution in [0.2, 0.25) is 5.02 Å². The number of halogens is 1. The second kappa shape index (κ2) is 10.5. The van der Waals surface area contributed by atoms with E-state index < -0.39 is 15.9 Å². The molecular weight excluding hydrogens is 432 g/mol. The van der Waals surface area contributed by atoms with E-state index in [2.05, 4.69) is 10.0 Å². The fourth-order valence-corrected chi connectivity index (χ4v) is 3.90. The largest absolute Gasteiger partial charge is 0.497 e. The first-order chi connectivity index (χ1) is 14.2. The second-order valence-electron chi connectivity index (χ2n) is 6.74. The molecule has 0 heterocycles. The van der Waals surface area contributed by atoms with Crippen LogP contribution in [0.3, 0.4) is 0 Å². The van der Waals surface area contributed by atoms with Gasteiger partial charge in [0.25, 0.3) is 5.91 Å². The van der Waals surface area contributed by atoms with Crippen LogP contribution in [0.1, 0.15) is 13.8 Å². The Morgan fingerprint density at radius 3 is 2.40 bits per heavy atom. The summed E-state index contributed by atoms with van der Waals surface area (Å²) >= 11 is 6.14. The first-order valence-electron chi connectivity index (χ1n) is 9.10. The lowest BCUT2D eigenvalue weighted by Gasteiger charge is -2.13. The molecule has 10 heteroatoms. The summed E-state index contributed by atoms with van der Waals surface area (Å²) in [4.78, 5) is 12.2. The van der Waals surface area contributed by atoms with E-state index >= 15 is 0 Å². The molecule has 164 valence electrons. The first kappa shape index (κ1) is 23.8. The van der Waals surface area contributed by atoms with Crippen molar-refractivity contribution in [3.63, 3.8) is 0 Å². The third-order valence-corrected chi connectivity index (χ3v) is 5.65. The minimum Gasteiger partial charge on any atom is -0.497 e.